The zero-order chi connectivity index (χ0) is 13.8. The van der Waals surface area contributed by atoms with E-state index in [1.807, 2.05) is 0 Å². The zero-order valence-corrected chi connectivity index (χ0v) is 12.4. The van der Waals surface area contributed by atoms with Gasteiger partial charge in [0.15, 0.2) is 0 Å². The van der Waals surface area contributed by atoms with Crippen molar-refractivity contribution in [1.29, 1.82) is 0 Å². The van der Waals surface area contributed by atoms with Gasteiger partial charge in [-0.05, 0) is 12.1 Å². The summed E-state index contributed by atoms with van der Waals surface area (Å²) in [5.74, 6) is -0.291. The second-order valence-electron chi connectivity index (χ2n) is 3.53. The molecule has 1 atom stereocenters. The van der Waals surface area contributed by atoms with Crippen molar-refractivity contribution in [3.05, 3.63) is 33.8 Å². The SMILES string of the molecule is O=C1NN=C/C(=N/N=C/c2ccc(Cl)cc2Cl)C1Br. The maximum atomic E-state index is 11.3. The molecule has 1 aliphatic rings. The normalized spacial score (nSPS) is 21.1. The minimum absolute atomic E-state index is 0.291. The van der Waals surface area contributed by atoms with E-state index in [1.54, 1.807) is 18.2 Å². The molecule has 1 N–H and O–H groups in total. The van der Waals surface area contributed by atoms with Gasteiger partial charge in [-0.3, -0.25) is 4.79 Å². The van der Waals surface area contributed by atoms with Gasteiger partial charge in [-0.15, -0.1) is 0 Å². The molecule has 0 radical (unpaired) electrons. The molecule has 5 nitrogen and oxygen atoms in total. The Morgan fingerprint density at radius 3 is 2.95 bits per heavy atom. The summed E-state index contributed by atoms with van der Waals surface area (Å²) in [6.07, 6.45) is 2.90. The Labute approximate surface area is 127 Å². The lowest BCUT2D eigenvalue weighted by molar-refractivity contribution is -0.119. The summed E-state index contributed by atoms with van der Waals surface area (Å²) < 4.78 is 0. The molecule has 0 aromatic heterocycles. The minimum atomic E-state index is -0.567. The summed E-state index contributed by atoms with van der Waals surface area (Å²) in [6.45, 7) is 0. The van der Waals surface area contributed by atoms with Gasteiger partial charge in [0.25, 0.3) is 5.91 Å². The summed E-state index contributed by atoms with van der Waals surface area (Å²) in [7, 11) is 0. The Morgan fingerprint density at radius 1 is 1.42 bits per heavy atom. The van der Waals surface area contributed by atoms with Gasteiger partial charge in [0.1, 0.15) is 10.5 Å². The number of rotatable bonds is 2. The number of hydrogen-bond acceptors (Lipinski definition) is 4. The molecule has 1 aromatic rings. The monoisotopic (exact) mass is 360 g/mol. The molecule has 0 aliphatic carbocycles. The minimum Gasteiger partial charge on any atom is -0.271 e. The van der Waals surface area contributed by atoms with Crippen LogP contribution in [0, 0.1) is 0 Å². The highest BCUT2D eigenvalue weighted by Gasteiger charge is 2.23. The topological polar surface area (TPSA) is 66.2 Å². The van der Waals surface area contributed by atoms with E-state index < -0.39 is 4.83 Å². The van der Waals surface area contributed by atoms with Gasteiger partial charge in [-0.2, -0.15) is 15.3 Å². The van der Waals surface area contributed by atoms with Gasteiger partial charge < -0.3 is 0 Å². The Bertz CT molecular complexity index is 600. The number of benzene rings is 1. The van der Waals surface area contributed by atoms with Crippen LogP contribution in [0.3, 0.4) is 0 Å². The van der Waals surface area contributed by atoms with Gasteiger partial charge >= 0.3 is 0 Å². The maximum absolute atomic E-state index is 11.3. The molecular formula is C11H7BrCl2N4O. The average molecular weight is 362 g/mol. The van der Waals surface area contributed by atoms with E-state index >= 15 is 0 Å². The predicted octanol–water partition coefficient (Wildman–Crippen LogP) is 2.65. The number of alkyl halides is 1. The lowest BCUT2D eigenvalue weighted by Gasteiger charge is -2.10. The predicted molar refractivity (Wildman–Crippen MR) is 80.8 cm³/mol. The number of nitrogens with one attached hydrogen (secondary N) is 1. The Morgan fingerprint density at radius 2 is 2.21 bits per heavy atom. The van der Waals surface area contributed by atoms with Crippen LogP contribution in [0.15, 0.2) is 33.5 Å². The number of nitrogens with zero attached hydrogens (tertiary/aromatic N) is 3. The Balaban J connectivity index is 2.17. The van der Waals surface area contributed by atoms with Crippen LogP contribution in [0.25, 0.3) is 0 Å². The van der Waals surface area contributed by atoms with Gasteiger partial charge in [0.2, 0.25) is 0 Å². The highest BCUT2D eigenvalue weighted by molar-refractivity contribution is 9.10. The van der Waals surface area contributed by atoms with E-state index in [0.29, 0.717) is 21.3 Å². The molecule has 0 bridgehead atoms. The number of halogens is 3. The van der Waals surface area contributed by atoms with E-state index in [0.717, 1.165) is 0 Å². The van der Waals surface area contributed by atoms with Crippen LogP contribution in [0.4, 0.5) is 0 Å². The van der Waals surface area contributed by atoms with Crippen molar-refractivity contribution in [2.75, 3.05) is 0 Å². The highest BCUT2D eigenvalue weighted by atomic mass is 79.9. The fraction of sp³-hybridized carbons (Fsp3) is 0.0909. The van der Waals surface area contributed by atoms with Gasteiger partial charge in [0.05, 0.1) is 17.5 Å². The molecule has 19 heavy (non-hydrogen) atoms. The van der Waals surface area contributed by atoms with Gasteiger partial charge in [-0.25, -0.2) is 5.43 Å². The number of carbonyl (C=O) groups excluding carboxylic acids is 1. The van der Waals surface area contributed by atoms with Crippen molar-refractivity contribution in [2.24, 2.45) is 15.3 Å². The first kappa shape index (κ1) is 14.2. The molecule has 1 amide bonds. The van der Waals surface area contributed by atoms with E-state index in [2.05, 4.69) is 36.7 Å². The van der Waals surface area contributed by atoms with Crippen LogP contribution in [-0.4, -0.2) is 28.9 Å². The fourth-order valence-electron chi connectivity index (χ4n) is 1.26. The van der Waals surface area contributed by atoms with Crippen molar-refractivity contribution in [3.63, 3.8) is 0 Å². The Hall–Kier alpha value is -1.24. The van der Waals surface area contributed by atoms with E-state index in [-0.39, 0.29) is 5.91 Å². The van der Waals surface area contributed by atoms with Gasteiger partial charge in [-0.1, -0.05) is 45.2 Å². The lowest BCUT2D eigenvalue weighted by Crippen LogP contribution is -2.38. The third-order valence-electron chi connectivity index (χ3n) is 2.19. The maximum Gasteiger partial charge on any atom is 0.260 e. The summed E-state index contributed by atoms with van der Waals surface area (Å²) in [5.41, 5.74) is 3.39. The largest absolute Gasteiger partial charge is 0.271 e. The summed E-state index contributed by atoms with van der Waals surface area (Å²) in [6, 6.07) is 5.03. The van der Waals surface area contributed by atoms with Crippen molar-refractivity contribution in [3.8, 4) is 0 Å². The first-order valence-electron chi connectivity index (χ1n) is 5.11. The van der Waals surface area contributed by atoms with Gasteiger partial charge in [0, 0.05) is 10.6 Å². The number of hydrogen-bond donors (Lipinski definition) is 1. The molecule has 2 rings (SSSR count). The second kappa shape index (κ2) is 6.27. The zero-order valence-electron chi connectivity index (χ0n) is 9.35. The Kier molecular flexibility index (Phi) is 4.68. The summed E-state index contributed by atoms with van der Waals surface area (Å²) >= 11 is 14.9. The van der Waals surface area contributed by atoms with Crippen LogP contribution in [0.5, 0.6) is 0 Å². The van der Waals surface area contributed by atoms with Crippen LogP contribution in [0.2, 0.25) is 10.0 Å². The quantitative estimate of drug-likeness (QED) is 0.491. The van der Waals surface area contributed by atoms with Crippen molar-refractivity contribution in [2.45, 2.75) is 4.83 Å². The standard InChI is InChI=1S/C11H7BrCl2N4O/c12-10-9(5-16-18-11(10)19)17-15-4-6-1-2-7(13)3-8(6)14/h1-5,10H,(H,18,19)/b15-4+,17-9-. The van der Waals surface area contributed by atoms with Crippen LogP contribution in [-0.2, 0) is 4.79 Å². The lowest BCUT2D eigenvalue weighted by atomic mass is 10.2. The molecule has 0 saturated carbocycles. The molecule has 0 saturated heterocycles. The van der Waals surface area contributed by atoms with Crippen molar-refractivity contribution in [1.82, 2.24) is 5.43 Å². The fourth-order valence-corrected chi connectivity index (χ4v) is 2.03. The first-order valence-corrected chi connectivity index (χ1v) is 6.78. The molecule has 0 fully saturated rings. The molecule has 1 heterocycles. The van der Waals surface area contributed by atoms with Crippen LogP contribution in [0.1, 0.15) is 5.56 Å². The second-order valence-corrected chi connectivity index (χ2v) is 5.29. The van der Waals surface area contributed by atoms with E-state index in [9.17, 15) is 4.79 Å². The number of hydrazone groups is 1. The van der Waals surface area contributed by atoms with E-state index in [1.165, 1.54) is 12.4 Å². The highest BCUT2D eigenvalue weighted by Crippen LogP contribution is 2.19. The third kappa shape index (κ3) is 3.62. The molecule has 1 aromatic carbocycles. The third-order valence-corrected chi connectivity index (χ3v) is 3.64. The smallest absolute Gasteiger partial charge is 0.260 e. The van der Waals surface area contributed by atoms with Crippen molar-refractivity contribution < 1.29 is 4.79 Å². The van der Waals surface area contributed by atoms with Crippen LogP contribution >= 0.6 is 39.1 Å². The number of carbonyl (C=O) groups is 1. The summed E-state index contributed by atoms with van der Waals surface area (Å²) in [5, 5.41) is 12.4. The molecule has 8 heteroatoms. The molecule has 1 aliphatic heterocycles. The molecule has 1 unspecified atom stereocenters. The molecule has 0 spiro atoms. The number of amides is 1. The average Bonchev–Trinajstić information content (AvgIpc) is 2.37. The molecule has 98 valence electrons. The van der Waals surface area contributed by atoms with E-state index in [4.69, 9.17) is 23.2 Å². The van der Waals surface area contributed by atoms with Crippen molar-refractivity contribution >= 4 is 63.2 Å². The first-order chi connectivity index (χ1) is 9.08. The van der Waals surface area contributed by atoms with Crippen LogP contribution < -0.4 is 5.43 Å². The summed E-state index contributed by atoms with van der Waals surface area (Å²) in [4.78, 5) is 10.7. The molecular weight excluding hydrogens is 355 g/mol.